The minimum atomic E-state index is -2.23. The molecule has 0 radical (unpaired) electrons. The van der Waals surface area contributed by atoms with Gasteiger partial charge in [0.05, 0.1) is 58.6 Å². The molecule has 8 atom stereocenters. The molecule has 0 bridgehead atoms. The molecule has 2 aliphatic rings. The molecule has 0 spiro atoms. The molecule has 356 valence electrons. The number of ether oxygens (including phenoxy) is 6. The van der Waals surface area contributed by atoms with E-state index >= 15 is 0 Å². The standard InChI is InChI=1S/C51H72N2O11Si/c1-13-15-45(64-65(11,12)50(2,3)4)51(5,6)44(17-14-16-35-26-36(35)20-24-40(57-8)28-46-52-42(32-61-46)48(54)59-10)63-49(55)43-33-62-47(53-43)29-41(58-9)25-21-37-27-38(37)31-60-30-34-18-22-39(56-7)23-19-34/h13-16,18-25,32-33,35-38,40-41,44-45H,17,26-31H2,1-12H3/b15-13+,16-14-,24-20+,25-21+/t35-,36+,37+,38+,40-,41-,44-,45-/m0/s1. The monoisotopic (exact) mass is 916 g/mol. The van der Waals surface area contributed by atoms with Gasteiger partial charge in [-0.2, -0.15) is 0 Å². The number of oxazole rings is 2. The Kier molecular flexibility index (Phi) is 18.4. The van der Waals surface area contributed by atoms with E-state index in [4.69, 9.17) is 41.7 Å². The molecule has 13 nitrogen and oxygen atoms in total. The zero-order valence-electron chi connectivity index (χ0n) is 40.5. The van der Waals surface area contributed by atoms with Gasteiger partial charge in [-0.05, 0) is 79.3 Å². The van der Waals surface area contributed by atoms with Gasteiger partial charge in [-0.25, -0.2) is 19.6 Å². The number of methoxy groups -OCH3 is 4. The number of carbonyl (C=O) groups is 2. The van der Waals surface area contributed by atoms with E-state index in [9.17, 15) is 9.59 Å². The average molecular weight is 917 g/mol. The molecule has 0 N–H and O–H groups in total. The maximum absolute atomic E-state index is 13.9. The highest BCUT2D eigenvalue weighted by atomic mass is 28.4. The molecule has 1 aromatic carbocycles. The number of esters is 2. The van der Waals surface area contributed by atoms with Crippen molar-refractivity contribution in [1.82, 2.24) is 9.97 Å². The van der Waals surface area contributed by atoms with Gasteiger partial charge in [0.15, 0.2) is 31.5 Å². The summed E-state index contributed by atoms with van der Waals surface area (Å²) < 4.78 is 52.1. The molecule has 2 aliphatic carbocycles. The van der Waals surface area contributed by atoms with Crippen LogP contribution in [0.5, 0.6) is 5.75 Å². The van der Waals surface area contributed by atoms with Crippen molar-refractivity contribution in [2.24, 2.45) is 29.1 Å². The number of allylic oxidation sites excluding steroid dienone is 4. The Bertz CT molecular complexity index is 2090. The first-order chi connectivity index (χ1) is 30.9. The van der Waals surface area contributed by atoms with Crippen molar-refractivity contribution in [1.29, 1.82) is 0 Å². The first-order valence-electron chi connectivity index (χ1n) is 22.7. The second kappa shape index (κ2) is 23.2. The highest BCUT2D eigenvalue weighted by Gasteiger charge is 2.46. The van der Waals surface area contributed by atoms with E-state index in [1.165, 1.54) is 19.6 Å². The summed E-state index contributed by atoms with van der Waals surface area (Å²) in [6, 6.07) is 7.92. The molecule has 0 saturated heterocycles. The summed E-state index contributed by atoms with van der Waals surface area (Å²) in [7, 11) is 4.02. The fraction of sp³-hybridized carbons (Fsp3) is 0.569. The van der Waals surface area contributed by atoms with Gasteiger partial charge in [0.25, 0.3) is 0 Å². The van der Waals surface area contributed by atoms with Gasteiger partial charge in [-0.15, -0.1) is 0 Å². The zero-order valence-corrected chi connectivity index (χ0v) is 41.5. The van der Waals surface area contributed by atoms with E-state index < -0.39 is 31.8 Å². The van der Waals surface area contributed by atoms with Crippen LogP contribution in [-0.4, -0.2) is 89.7 Å². The number of hydrogen-bond acceptors (Lipinski definition) is 13. The molecule has 0 aliphatic heterocycles. The Balaban J connectivity index is 1.20. The highest BCUT2D eigenvalue weighted by Crippen LogP contribution is 2.44. The number of aromatic nitrogens is 2. The number of carbonyl (C=O) groups excluding carboxylic acids is 2. The van der Waals surface area contributed by atoms with Gasteiger partial charge in [-0.1, -0.05) is 95.4 Å². The third kappa shape index (κ3) is 15.0. The van der Waals surface area contributed by atoms with Crippen LogP contribution in [0.3, 0.4) is 0 Å². The number of rotatable bonds is 26. The van der Waals surface area contributed by atoms with Crippen LogP contribution >= 0.6 is 0 Å². The normalized spacial score (nSPS) is 21.0. The Morgan fingerprint density at radius 3 is 1.94 bits per heavy atom. The van der Waals surface area contributed by atoms with E-state index in [1.54, 1.807) is 21.3 Å². The SMILES string of the molecule is C/C=C/[C@H](O[Si](C)(C)C(C)(C)C)C(C)(C)[C@H](C/C=C\[C@H]1C[C@H]1/C=C/[C@@H](Cc1nc(C(=O)OC)co1)OC)OC(=O)c1coc(C[C@H](/C=C/[C@@H]2C[C@@H]2COCc2ccc(OC)cc2)OC)n1. The smallest absolute Gasteiger partial charge is 0.360 e. The van der Waals surface area contributed by atoms with Crippen LogP contribution in [0.15, 0.2) is 94.2 Å². The molecular weight excluding hydrogens is 845 g/mol. The lowest BCUT2D eigenvalue weighted by Gasteiger charge is -2.45. The van der Waals surface area contributed by atoms with Crippen molar-refractivity contribution >= 4 is 20.3 Å². The number of benzene rings is 1. The van der Waals surface area contributed by atoms with E-state index in [0.29, 0.717) is 67.9 Å². The Labute approximate surface area is 387 Å². The molecule has 65 heavy (non-hydrogen) atoms. The molecule has 0 amide bonds. The van der Waals surface area contributed by atoms with Gasteiger partial charge >= 0.3 is 11.9 Å². The van der Waals surface area contributed by atoms with Crippen molar-refractivity contribution in [3.63, 3.8) is 0 Å². The van der Waals surface area contributed by atoms with Gasteiger partial charge in [0.1, 0.15) is 24.4 Å². The van der Waals surface area contributed by atoms with Crippen LogP contribution in [0.2, 0.25) is 18.1 Å². The van der Waals surface area contributed by atoms with Crippen LogP contribution < -0.4 is 4.74 Å². The quantitative estimate of drug-likeness (QED) is 0.0427. The molecule has 14 heteroatoms. The predicted octanol–water partition coefficient (Wildman–Crippen LogP) is 10.3. The van der Waals surface area contributed by atoms with Crippen molar-refractivity contribution < 1.29 is 51.3 Å². The largest absolute Gasteiger partial charge is 0.497 e. The molecule has 3 aromatic rings. The van der Waals surface area contributed by atoms with Gasteiger partial charge < -0.3 is 41.7 Å². The molecule has 2 aromatic heterocycles. The summed E-state index contributed by atoms with van der Waals surface area (Å²) in [5, 5.41) is -0.0225. The topological polar surface area (TPSA) is 151 Å². The van der Waals surface area contributed by atoms with Crippen molar-refractivity contribution in [2.75, 3.05) is 35.0 Å². The molecular formula is C51H72N2O11Si. The van der Waals surface area contributed by atoms with E-state index in [0.717, 1.165) is 24.2 Å². The van der Waals surface area contributed by atoms with Gasteiger partial charge in [-0.3, -0.25) is 0 Å². The summed E-state index contributed by atoms with van der Waals surface area (Å²) in [6.45, 7) is 18.6. The fourth-order valence-electron chi connectivity index (χ4n) is 7.23. The van der Waals surface area contributed by atoms with Crippen LogP contribution in [0.25, 0.3) is 0 Å². The molecule has 5 rings (SSSR count). The Hall–Kier alpha value is -4.60. The lowest BCUT2D eigenvalue weighted by molar-refractivity contribution is -0.0420. The maximum Gasteiger partial charge on any atom is 0.360 e. The molecule has 2 heterocycles. The van der Waals surface area contributed by atoms with Crippen molar-refractivity contribution in [3.05, 3.63) is 114 Å². The minimum absolute atomic E-state index is 0.0225. The van der Waals surface area contributed by atoms with Crippen LogP contribution in [-0.2, 0) is 47.6 Å². The first kappa shape index (κ1) is 51.4. The van der Waals surface area contributed by atoms with Crippen LogP contribution in [0, 0.1) is 29.1 Å². The highest BCUT2D eigenvalue weighted by molar-refractivity contribution is 6.74. The zero-order chi connectivity index (χ0) is 47.4. The second-order valence-electron chi connectivity index (χ2n) is 19.3. The fourth-order valence-corrected chi connectivity index (χ4v) is 8.60. The predicted molar refractivity (Wildman–Crippen MR) is 251 cm³/mol. The minimum Gasteiger partial charge on any atom is -0.497 e. The lowest BCUT2D eigenvalue weighted by Crippen LogP contribution is -2.51. The van der Waals surface area contributed by atoms with Crippen molar-refractivity contribution in [2.45, 2.75) is 123 Å². The third-order valence-electron chi connectivity index (χ3n) is 13.0. The van der Waals surface area contributed by atoms with E-state index in [1.807, 2.05) is 49.4 Å². The molecule has 0 unspecified atom stereocenters. The first-order valence-corrected chi connectivity index (χ1v) is 25.6. The summed E-state index contributed by atoms with van der Waals surface area (Å²) in [5.74, 6) is 2.07. The molecule has 2 saturated carbocycles. The van der Waals surface area contributed by atoms with E-state index in [2.05, 4.69) is 88.1 Å². The second-order valence-corrected chi connectivity index (χ2v) is 24.0. The lowest BCUT2D eigenvalue weighted by atomic mass is 9.79. The van der Waals surface area contributed by atoms with Gasteiger partial charge in [0.2, 0.25) is 0 Å². The van der Waals surface area contributed by atoms with Gasteiger partial charge in [0, 0.05) is 26.1 Å². The molecule has 2 fully saturated rings. The number of hydrogen-bond donors (Lipinski definition) is 0. The van der Waals surface area contributed by atoms with Crippen LogP contribution in [0.1, 0.15) is 99.1 Å². The number of nitrogens with zero attached hydrogens (tertiary/aromatic N) is 2. The van der Waals surface area contributed by atoms with Crippen LogP contribution in [0.4, 0.5) is 0 Å². The van der Waals surface area contributed by atoms with E-state index in [-0.39, 0.29) is 34.7 Å². The maximum atomic E-state index is 13.9. The summed E-state index contributed by atoms with van der Waals surface area (Å²) >= 11 is 0. The van der Waals surface area contributed by atoms with Crippen molar-refractivity contribution in [3.8, 4) is 5.75 Å². The Morgan fingerprint density at radius 2 is 1.38 bits per heavy atom. The Morgan fingerprint density at radius 1 is 0.800 bits per heavy atom. The average Bonchev–Trinajstić information content (AvgIpc) is 4.08. The summed E-state index contributed by atoms with van der Waals surface area (Å²) in [6.07, 6.45) is 21.3. The summed E-state index contributed by atoms with van der Waals surface area (Å²) in [5.41, 5.74) is 0.729. The third-order valence-corrected chi connectivity index (χ3v) is 17.4. The summed E-state index contributed by atoms with van der Waals surface area (Å²) in [4.78, 5) is 34.5.